The van der Waals surface area contributed by atoms with E-state index < -0.39 is 41.7 Å². The van der Waals surface area contributed by atoms with Crippen LogP contribution in [-0.2, 0) is 4.79 Å². The van der Waals surface area contributed by atoms with Gasteiger partial charge in [0, 0.05) is 20.6 Å². The highest BCUT2D eigenvalue weighted by molar-refractivity contribution is 6.45. The van der Waals surface area contributed by atoms with Gasteiger partial charge in [-0.1, -0.05) is 19.9 Å². The van der Waals surface area contributed by atoms with Crippen LogP contribution >= 0.6 is 0 Å². The smallest absolute Gasteiger partial charge is 0.310 e. The van der Waals surface area contributed by atoms with Crippen LogP contribution in [0.15, 0.2) is 23.3 Å². The molecule has 1 aromatic rings. The quantitative estimate of drug-likeness (QED) is 0.572. The van der Waals surface area contributed by atoms with Crippen LogP contribution in [0, 0.1) is 5.92 Å². The molecule has 2 aliphatic heterocycles. The first-order chi connectivity index (χ1) is 14.4. The van der Waals surface area contributed by atoms with E-state index in [-0.39, 0.29) is 29.3 Å². The van der Waals surface area contributed by atoms with E-state index in [9.17, 15) is 32.3 Å². The molecular formula is C19H20F3N5O4. The first kappa shape index (κ1) is 22.2. The summed E-state index contributed by atoms with van der Waals surface area (Å²) < 4.78 is 40.7. The number of nitrogens with one attached hydrogen (secondary N) is 1. The maximum absolute atomic E-state index is 13.6. The third-order valence-electron chi connectivity index (χ3n) is 4.91. The first-order valence-corrected chi connectivity index (χ1v) is 9.30. The Hall–Kier alpha value is -3.44. The highest BCUT2D eigenvalue weighted by Crippen LogP contribution is 2.32. The number of carbonyl (C=O) groups excluding carboxylic acids is 4. The number of alkyl halides is 3. The highest BCUT2D eigenvalue weighted by atomic mass is 19.4. The number of carbonyl (C=O) groups is 4. The van der Waals surface area contributed by atoms with Gasteiger partial charge in [-0.2, -0.15) is 18.3 Å². The number of rotatable bonds is 4. The molecule has 1 aromatic carbocycles. The summed E-state index contributed by atoms with van der Waals surface area (Å²) in [5.41, 5.74) is 1.39. The van der Waals surface area contributed by atoms with Crippen LogP contribution in [0.5, 0.6) is 0 Å². The average molecular weight is 439 g/mol. The van der Waals surface area contributed by atoms with Gasteiger partial charge in [-0.05, 0) is 18.1 Å². The maximum atomic E-state index is 13.6. The Balaban J connectivity index is 2.01. The SMILES string of the molecule is CC(C)CN1C(=O)c2cccc(NN=C3C(=O)N(C)C(=O)N(C)C3C(F)(F)F)c2C1=O. The van der Waals surface area contributed by atoms with Crippen molar-refractivity contribution < 1.29 is 32.3 Å². The fourth-order valence-corrected chi connectivity index (χ4v) is 3.47. The average Bonchev–Trinajstić information content (AvgIpc) is 2.92. The summed E-state index contributed by atoms with van der Waals surface area (Å²) >= 11 is 0. The fourth-order valence-electron chi connectivity index (χ4n) is 3.47. The molecule has 0 saturated carbocycles. The molecule has 0 radical (unpaired) electrons. The van der Waals surface area contributed by atoms with Gasteiger partial charge in [0.25, 0.3) is 17.7 Å². The minimum absolute atomic E-state index is 0.00915. The minimum Gasteiger partial charge on any atom is -0.310 e. The van der Waals surface area contributed by atoms with E-state index in [1.807, 2.05) is 13.8 Å². The molecule has 0 aliphatic carbocycles. The molecule has 2 aliphatic rings. The molecule has 0 bridgehead atoms. The molecule has 166 valence electrons. The van der Waals surface area contributed by atoms with Crippen LogP contribution in [0.1, 0.15) is 34.6 Å². The number of urea groups is 1. The summed E-state index contributed by atoms with van der Waals surface area (Å²) in [5.74, 6) is -2.34. The highest BCUT2D eigenvalue weighted by Gasteiger charge is 2.54. The number of benzene rings is 1. The number of anilines is 1. The van der Waals surface area contributed by atoms with Crippen molar-refractivity contribution in [3.8, 4) is 0 Å². The summed E-state index contributed by atoms with van der Waals surface area (Å²) in [6.07, 6.45) is -4.96. The molecule has 12 heteroatoms. The molecule has 1 unspecified atom stereocenters. The molecule has 1 fully saturated rings. The number of nitrogens with zero attached hydrogens (tertiary/aromatic N) is 4. The predicted molar refractivity (Wildman–Crippen MR) is 103 cm³/mol. The lowest BCUT2D eigenvalue weighted by molar-refractivity contribution is -0.161. The second kappa shape index (κ2) is 7.67. The Labute approximate surface area is 175 Å². The molecule has 1 N–H and O–H groups in total. The standard InChI is InChI=1S/C19H20F3N5O4/c1-9(2)8-27-15(28)10-6-5-7-11(12(10)16(27)29)23-24-13-14(19(20,21)22)25(3)18(31)26(4)17(13)30/h5-7,9,14,23H,8H2,1-4H3. The Bertz CT molecular complexity index is 1000. The van der Waals surface area contributed by atoms with Crippen molar-refractivity contribution in [2.24, 2.45) is 11.0 Å². The summed E-state index contributed by atoms with van der Waals surface area (Å²) in [7, 11) is 1.95. The summed E-state index contributed by atoms with van der Waals surface area (Å²) in [4.78, 5) is 51.5. The monoisotopic (exact) mass is 439 g/mol. The minimum atomic E-state index is -4.96. The van der Waals surface area contributed by atoms with Crippen molar-refractivity contribution in [1.29, 1.82) is 0 Å². The fraction of sp³-hybridized carbons (Fsp3) is 0.421. The number of hydrogen-bond acceptors (Lipinski definition) is 6. The van der Waals surface area contributed by atoms with Crippen molar-refractivity contribution in [2.75, 3.05) is 26.1 Å². The van der Waals surface area contributed by atoms with Crippen LogP contribution in [0.4, 0.5) is 23.7 Å². The number of fused-ring (bicyclic) bond motifs is 1. The largest absolute Gasteiger partial charge is 0.414 e. The normalized spacial score (nSPS) is 21.0. The van der Waals surface area contributed by atoms with E-state index in [4.69, 9.17) is 0 Å². The van der Waals surface area contributed by atoms with Crippen LogP contribution in [0.3, 0.4) is 0 Å². The summed E-state index contributed by atoms with van der Waals surface area (Å²) in [6.45, 7) is 3.83. The lowest BCUT2D eigenvalue weighted by atomic mass is 10.1. The number of amides is 5. The van der Waals surface area contributed by atoms with Crippen LogP contribution in [0.2, 0.25) is 0 Å². The van der Waals surface area contributed by atoms with Crippen LogP contribution in [-0.4, -0.2) is 77.0 Å². The number of hydrogen-bond donors (Lipinski definition) is 1. The molecule has 9 nitrogen and oxygen atoms in total. The van der Waals surface area contributed by atoms with E-state index in [1.54, 1.807) is 0 Å². The van der Waals surface area contributed by atoms with Crippen molar-refractivity contribution >= 4 is 35.2 Å². The van der Waals surface area contributed by atoms with Gasteiger partial charge in [0.2, 0.25) is 0 Å². The molecule has 2 heterocycles. The second-order valence-corrected chi connectivity index (χ2v) is 7.65. The zero-order valence-electron chi connectivity index (χ0n) is 17.1. The van der Waals surface area contributed by atoms with Gasteiger partial charge in [-0.3, -0.25) is 29.6 Å². The van der Waals surface area contributed by atoms with E-state index >= 15 is 0 Å². The van der Waals surface area contributed by atoms with E-state index in [2.05, 4.69) is 10.5 Å². The Kier molecular flexibility index (Phi) is 5.51. The lowest BCUT2D eigenvalue weighted by Gasteiger charge is -2.37. The Morgan fingerprint density at radius 2 is 1.71 bits per heavy atom. The predicted octanol–water partition coefficient (Wildman–Crippen LogP) is 2.16. The molecule has 1 saturated heterocycles. The lowest BCUT2D eigenvalue weighted by Crippen LogP contribution is -2.64. The zero-order valence-corrected chi connectivity index (χ0v) is 17.1. The van der Waals surface area contributed by atoms with Crippen molar-refractivity contribution in [3.05, 3.63) is 29.3 Å². The molecule has 0 aromatic heterocycles. The zero-order chi connectivity index (χ0) is 23.2. The second-order valence-electron chi connectivity index (χ2n) is 7.65. The van der Waals surface area contributed by atoms with Gasteiger partial charge < -0.3 is 4.90 Å². The van der Waals surface area contributed by atoms with Gasteiger partial charge >= 0.3 is 12.2 Å². The third kappa shape index (κ3) is 3.73. The molecule has 3 rings (SSSR count). The molecule has 0 spiro atoms. The maximum Gasteiger partial charge on any atom is 0.414 e. The van der Waals surface area contributed by atoms with Crippen LogP contribution in [0.25, 0.3) is 0 Å². The van der Waals surface area contributed by atoms with Crippen molar-refractivity contribution in [1.82, 2.24) is 14.7 Å². The molecule has 31 heavy (non-hydrogen) atoms. The van der Waals surface area contributed by atoms with Gasteiger partial charge in [-0.25, -0.2) is 4.79 Å². The first-order valence-electron chi connectivity index (χ1n) is 9.30. The number of imide groups is 2. The number of hydrazone groups is 1. The van der Waals surface area contributed by atoms with Gasteiger partial charge in [0.05, 0.1) is 16.8 Å². The van der Waals surface area contributed by atoms with E-state index in [0.29, 0.717) is 9.80 Å². The third-order valence-corrected chi connectivity index (χ3v) is 4.91. The molecule has 1 atom stereocenters. The van der Waals surface area contributed by atoms with Crippen molar-refractivity contribution in [2.45, 2.75) is 26.1 Å². The van der Waals surface area contributed by atoms with Crippen LogP contribution < -0.4 is 5.43 Å². The number of halogens is 3. The topological polar surface area (TPSA) is 102 Å². The van der Waals surface area contributed by atoms with Gasteiger partial charge in [0.1, 0.15) is 0 Å². The molecule has 5 amide bonds. The van der Waals surface area contributed by atoms with E-state index in [0.717, 1.165) is 19.0 Å². The summed E-state index contributed by atoms with van der Waals surface area (Å²) in [5, 5.41) is 3.62. The van der Waals surface area contributed by atoms with Crippen molar-refractivity contribution in [3.63, 3.8) is 0 Å². The Morgan fingerprint density at radius 3 is 2.29 bits per heavy atom. The summed E-state index contributed by atoms with van der Waals surface area (Å²) in [6, 6.07) is 0.539. The van der Waals surface area contributed by atoms with E-state index in [1.165, 1.54) is 18.2 Å². The van der Waals surface area contributed by atoms with Gasteiger partial charge in [-0.15, -0.1) is 0 Å². The molecular weight excluding hydrogens is 419 g/mol. The Morgan fingerprint density at radius 1 is 1.06 bits per heavy atom. The van der Waals surface area contributed by atoms with Gasteiger partial charge in [0.15, 0.2) is 11.8 Å².